The van der Waals surface area contributed by atoms with E-state index in [-0.39, 0.29) is 5.41 Å². The van der Waals surface area contributed by atoms with Crippen LogP contribution in [-0.2, 0) is 5.41 Å². The van der Waals surface area contributed by atoms with Gasteiger partial charge in [-0.2, -0.15) is 0 Å². The molecule has 0 amide bonds. The highest BCUT2D eigenvalue weighted by Crippen LogP contribution is 2.43. The number of hydrogen-bond donors (Lipinski definition) is 2. The molecule has 3 nitrogen and oxygen atoms in total. The number of carbonyl (C=O) groups is 1. The van der Waals surface area contributed by atoms with Crippen molar-refractivity contribution in [2.75, 3.05) is 0 Å². The fourth-order valence-electron chi connectivity index (χ4n) is 3.47. The first-order chi connectivity index (χ1) is 13.1. The molecule has 0 radical (unpaired) electrons. The summed E-state index contributed by atoms with van der Waals surface area (Å²) in [7, 11) is 0. The summed E-state index contributed by atoms with van der Waals surface area (Å²) in [6.45, 7) is 11.8. The van der Waals surface area contributed by atoms with Crippen LogP contribution in [0, 0.1) is 25.7 Å². The van der Waals surface area contributed by atoms with Gasteiger partial charge in [0, 0.05) is 15.9 Å². The van der Waals surface area contributed by atoms with Crippen LogP contribution in [0.3, 0.4) is 0 Å². The first-order valence-electron chi connectivity index (χ1n) is 9.81. The molecule has 1 heterocycles. The van der Waals surface area contributed by atoms with Crippen molar-refractivity contribution < 1.29 is 15.0 Å². The van der Waals surface area contributed by atoms with Crippen molar-refractivity contribution in [3.63, 3.8) is 0 Å². The molecule has 2 rings (SSSR count). The molecule has 0 aliphatic heterocycles. The van der Waals surface area contributed by atoms with E-state index >= 15 is 0 Å². The van der Waals surface area contributed by atoms with Crippen molar-refractivity contribution in [1.29, 1.82) is 0 Å². The van der Waals surface area contributed by atoms with E-state index < -0.39 is 11.6 Å². The van der Waals surface area contributed by atoms with Gasteiger partial charge in [-0.15, -0.1) is 11.3 Å². The Morgan fingerprint density at radius 1 is 1.07 bits per heavy atom. The van der Waals surface area contributed by atoms with Crippen LogP contribution in [0.5, 0.6) is 0 Å². The van der Waals surface area contributed by atoms with Crippen molar-refractivity contribution in [1.82, 2.24) is 0 Å². The lowest BCUT2D eigenvalue weighted by Crippen LogP contribution is -2.25. The Balaban J connectivity index is 2.54. The van der Waals surface area contributed by atoms with E-state index in [1.54, 1.807) is 6.92 Å². The number of carboxylic acid groups (broad SMARTS) is 1. The number of aromatic carboxylic acids is 1. The molecule has 0 aliphatic rings. The predicted octanol–water partition coefficient (Wildman–Crippen LogP) is 5.68. The maximum atomic E-state index is 11.5. The van der Waals surface area contributed by atoms with Gasteiger partial charge in [-0.25, -0.2) is 4.79 Å². The third-order valence-corrected chi connectivity index (χ3v) is 7.15. The van der Waals surface area contributed by atoms with Gasteiger partial charge in [0.1, 0.15) is 10.5 Å². The molecule has 150 valence electrons. The molecule has 0 fully saturated rings. The summed E-state index contributed by atoms with van der Waals surface area (Å²) in [5.41, 5.74) is 2.78. The number of benzene rings is 1. The van der Waals surface area contributed by atoms with Crippen LogP contribution < -0.4 is 0 Å². The van der Waals surface area contributed by atoms with Gasteiger partial charge in [-0.3, -0.25) is 0 Å². The van der Waals surface area contributed by atoms with Gasteiger partial charge in [0.15, 0.2) is 0 Å². The lowest BCUT2D eigenvalue weighted by molar-refractivity contribution is 0.0701. The second-order valence-corrected chi connectivity index (χ2v) is 8.68. The standard InChI is InChI=1S/C24H30O3S/c1-7-23(6,27)13-12-18-10-11-19(14-16(18)4)24(8-2,9-3)20-15-17(5)21(28-20)22(25)26/h10-11,14-15,27H,7-9H2,1-6H3,(H,25,26). The molecule has 1 aromatic carbocycles. The van der Waals surface area contributed by atoms with Gasteiger partial charge in [-0.1, -0.05) is 44.7 Å². The molecule has 1 atom stereocenters. The fourth-order valence-corrected chi connectivity index (χ4v) is 4.84. The molecule has 0 aliphatic carbocycles. The molecule has 28 heavy (non-hydrogen) atoms. The van der Waals surface area contributed by atoms with E-state index in [0.29, 0.717) is 11.3 Å². The highest BCUT2D eigenvalue weighted by molar-refractivity contribution is 7.14. The van der Waals surface area contributed by atoms with Crippen molar-refractivity contribution in [2.45, 2.75) is 71.8 Å². The van der Waals surface area contributed by atoms with E-state index in [0.717, 1.165) is 34.4 Å². The predicted molar refractivity (Wildman–Crippen MR) is 116 cm³/mol. The van der Waals surface area contributed by atoms with Crippen LogP contribution in [0.1, 0.15) is 83.8 Å². The Bertz CT molecular complexity index is 921. The highest BCUT2D eigenvalue weighted by atomic mass is 32.1. The monoisotopic (exact) mass is 398 g/mol. The zero-order valence-electron chi connectivity index (χ0n) is 17.6. The van der Waals surface area contributed by atoms with Crippen molar-refractivity contribution in [3.8, 4) is 11.8 Å². The molecular weight excluding hydrogens is 368 g/mol. The second kappa shape index (κ2) is 8.51. The molecular formula is C24H30O3S. The third-order valence-electron chi connectivity index (χ3n) is 5.72. The third kappa shape index (κ3) is 4.32. The highest BCUT2D eigenvalue weighted by Gasteiger charge is 2.34. The van der Waals surface area contributed by atoms with Gasteiger partial charge < -0.3 is 10.2 Å². The summed E-state index contributed by atoms with van der Waals surface area (Å²) < 4.78 is 0. The second-order valence-electron chi connectivity index (χ2n) is 7.62. The smallest absolute Gasteiger partial charge is 0.346 e. The molecule has 0 saturated carbocycles. The molecule has 4 heteroatoms. The van der Waals surface area contributed by atoms with Crippen LogP contribution in [0.4, 0.5) is 0 Å². The first kappa shape index (κ1) is 22.2. The minimum atomic E-state index is -0.983. The zero-order valence-corrected chi connectivity index (χ0v) is 18.5. The van der Waals surface area contributed by atoms with Crippen molar-refractivity contribution >= 4 is 17.3 Å². The molecule has 0 bridgehead atoms. The quantitative estimate of drug-likeness (QED) is 0.615. The van der Waals surface area contributed by atoms with Gasteiger partial charge in [0.2, 0.25) is 0 Å². The zero-order chi connectivity index (χ0) is 21.1. The number of aryl methyl sites for hydroxylation is 2. The first-order valence-corrected chi connectivity index (χ1v) is 10.6. The Labute approximate surface area is 172 Å². The summed E-state index contributed by atoms with van der Waals surface area (Å²) in [4.78, 5) is 13.0. The fraction of sp³-hybridized carbons (Fsp3) is 0.458. The summed E-state index contributed by atoms with van der Waals surface area (Å²) in [5.74, 6) is 5.20. The Kier molecular flexibility index (Phi) is 6.75. The summed E-state index contributed by atoms with van der Waals surface area (Å²) in [6.07, 6.45) is 2.35. The van der Waals surface area contributed by atoms with Gasteiger partial charge >= 0.3 is 5.97 Å². The average Bonchev–Trinajstić information content (AvgIpc) is 3.05. The average molecular weight is 399 g/mol. The summed E-state index contributed by atoms with van der Waals surface area (Å²) >= 11 is 1.38. The molecule has 2 N–H and O–H groups in total. The van der Waals surface area contributed by atoms with Crippen LogP contribution in [0.15, 0.2) is 24.3 Å². The van der Waals surface area contributed by atoms with E-state index in [2.05, 4.69) is 37.8 Å². The lowest BCUT2D eigenvalue weighted by atomic mass is 9.74. The van der Waals surface area contributed by atoms with Gasteiger partial charge in [0.05, 0.1) is 0 Å². The Morgan fingerprint density at radius 3 is 2.18 bits per heavy atom. The molecule has 1 unspecified atom stereocenters. The van der Waals surface area contributed by atoms with E-state index in [1.165, 1.54) is 16.9 Å². The largest absolute Gasteiger partial charge is 0.477 e. The number of aliphatic hydroxyl groups is 1. The van der Waals surface area contributed by atoms with Crippen molar-refractivity contribution in [3.05, 3.63) is 56.3 Å². The van der Waals surface area contributed by atoms with E-state index in [4.69, 9.17) is 0 Å². The van der Waals surface area contributed by atoms with E-state index in [9.17, 15) is 15.0 Å². The van der Waals surface area contributed by atoms with Crippen molar-refractivity contribution in [2.24, 2.45) is 0 Å². The van der Waals surface area contributed by atoms with Crippen LogP contribution in [-0.4, -0.2) is 21.8 Å². The normalized spacial score (nSPS) is 13.5. The van der Waals surface area contributed by atoms with Crippen LogP contribution >= 0.6 is 11.3 Å². The number of hydrogen-bond acceptors (Lipinski definition) is 3. The SMILES string of the molecule is CCC(C)(O)C#Cc1ccc(C(CC)(CC)c2cc(C)c(C(=O)O)s2)cc1C. The maximum absolute atomic E-state index is 11.5. The Morgan fingerprint density at radius 2 is 1.71 bits per heavy atom. The van der Waals surface area contributed by atoms with Gasteiger partial charge in [0.25, 0.3) is 0 Å². The van der Waals surface area contributed by atoms with Crippen LogP contribution in [0.25, 0.3) is 0 Å². The minimum absolute atomic E-state index is 0.214. The van der Waals surface area contributed by atoms with E-state index in [1.807, 2.05) is 32.9 Å². The molecule has 0 saturated heterocycles. The summed E-state index contributed by atoms with van der Waals surface area (Å²) in [6, 6.07) is 8.30. The number of carboxylic acids is 1. The summed E-state index contributed by atoms with van der Waals surface area (Å²) in [5, 5.41) is 19.6. The lowest BCUT2D eigenvalue weighted by Gasteiger charge is -2.32. The number of thiophene rings is 1. The maximum Gasteiger partial charge on any atom is 0.346 e. The minimum Gasteiger partial charge on any atom is -0.477 e. The van der Waals surface area contributed by atoms with Crippen LogP contribution in [0.2, 0.25) is 0 Å². The number of rotatable bonds is 6. The van der Waals surface area contributed by atoms with Gasteiger partial charge in [-0.05, 0) is 68.9 Å². The molecule has 2 aromatic rings. The molecule has 1 aromatic heterocycles. The topological polar surface area (TPSA) is 57.5 Å². The Hall–Kier alpha value is -2.09. The molecule has 0 spiro atoms.